The van der Waals surface area contributed by atoms with E-state index in [9.17, 15) is 0 Å². The van der Waals surface area contributed by atoms with Crippen LogP contribution in [0.15, 0.2) is 0 Å². The van der Waals surface area contributed by atoms with E-state index >= 15 is 0 Å². The predicted molar refractivity (Wildman–Crippen MR) is 87.8 cm³/mol. The first-order valence-electron chi connectivity index (χ1n) is 7.77. The summed E-state index contributed by atoms with van der Waals surface area (Å²) in [4.78, 5) is 11.2. The fourth-order valence-corrected chi connectivity index (χ4v) is 3.91. The Kier molecular flexibility index (Phi) is 5.81. The summed E-state index contributed by atoms with van der Waals surface area (Å²) in [5, 5.41) is 4.63. The van der Waals surface area contributed by atoms with Gasteiger partial charge in [0.25, 0.3) is 0 Å². The number of likely N-dealkylation sites (N-methyl/N-ethyl adjacent to an activating group) is 1. The largest absolute Gasteiger partial charge is 0.344 e. The highest BCUT2D eigenvalue weighted by Crippen LogP contribution is 2.29. The molecule has 5 heteroatoms. The van der Waals surface area contributed by atoms with Gasteiger partial charge in [0.1, 0.15) is 0 Å². The Morgan fingerprint density at radius 2 is 2.15 bits per heavy atom. The Hall–Kier alpha value is -0.650. The van der Waals surface area contributed by atoms with Gasteiger partial charge in [0.2, 0.25) is 0 Å². The van der Waals surface area contributed by atoms with Gasteiger partial charge in [-0.25, -0.2) is 4.98 Å². The number of nitrogens with zero attached hydrogens (tertiary/aromatic N) is 3. The van der Waals surface area contributed by atoms with Crippen molar-refractivity contribution < 1.29 is 0 Å². The van der Waals surface area contributed by atoms with Crippen LogP contribution >= 0.6 is 11.3 Å². The maximum Gasteiger partial charge on any atom is 0.186 e. The van der Waals surface area contributed by atoms with Gasteiger partial charge >= 0.3 is 0 Å². The molecule has 0 radical (unpaired) electrons. The minimum absolute atomic E-state index is 0.597. The Bertz CT molecular complexity index is 418. The molecule has 0 saturated carbocycles. The third kappa shape index (κ3) is 3.71. The van der Waals surface area contributed by atoms with Crippen molar-refractivity contribution in [1.82, 2.24) is 15.2 Å². The molecule has 1 aliphatic heterocycles. The van der Waals surface area contributed by atoms with E-state index < -0.39 is 0 Å². The van der Waals surface area contributed by atoms with Gasteiger partial charge in [-0.1, -0.05) is 13.8 Å². The molecule has 1 atom stereocenters. The molecule has 0 amide bonds. The van der Waals surface area contributed by atoms with E-state index in [1.165, 1.54) is 35.1 Å². The molecule has 4 nitrogen and oxygen atoms in total. The summed E-state index contributed by atoms with van der Waals surface area (Å²) in [6, 6.07) is 0.597. The van der Waals surface area contributed by atoms with Crippen molar-refractivity contribution in [2.45, 2.75) is 46.2 Å². The van der Waals surface area contributed by atoms with Crippen molar-refractivity contribution >= 4 is 16.5 Å². The van der Waals surface area contributed by atoms with E-state index in [4.69, 9.17) is 4.98 Å². The van der Waals surface area contributed by atoms with E-state index in [0.717, 1.165) is 26.2 Å². The van der Waals surface area contributed by atoms with Crippen molar-refractivity contribution in [3.05, 3.63) is 10.6 Å². The van der Waals surface area contributed by atoms with Crippen LogP contribution < -0.4 is 10.2 Å². The maximum atomic E-state index is 4.84. The Labute approximate surface area is 127 Å². The predicted octanol–water partition coefficient (Wildman–Crippen LogP) is 2.48. The molecule has 1 aromatic rings. The van der Waals surface area contributed by atoms with Crippen molar-refractivity contribution in [2.24, 2.45) is 0 Å². The molecule has 2 heterocycles. The summed E-state index contributed by atoms with van der Waals surface area (Å²) in [5.41, 5.74) is 1.19. The highest BCUT2D eigenvalue weighted by Gasteiger charge is 2.25. The SMILES string of the molecule is CCNCc1sc(N2CCCN(C)CC2CC)nc1C. The maximum absolute atomic E-state index is 4.84. The number of nitrogens with one attached hydrogen (secondary N) is 1. The molecule has 20 heavy (non-hydrogen) atoms. The van der Waals surface area contributed by atoms with Gasteiger partial charge in [-0.2, -0.15) is 0 Å². The lowest BCUT2D eigenvalue weighted by Crippen LogP contribution is -2.39. The number of anilines is 1. The van der Waals surface area contributed by atoms with Crippen LogP contribution in [-0.2, 0) is 6.54 Å². The molecular formula is C15H28N4S. The van der Waals surface area contributed by atoms with Crippen LogP contribution in [-0.4, -0.2) is 49.2 Å². The Balaban J connectivity index is 2.15. The average molecular weight is 296 g/mol. The monoisotopic (exact) mass is 296 g/mol. The van der Waals surface area contributed by atoms with Crippen molar-refractivity contribution in [1.29, 1.82) is 0 Å². The number of rotatable bonds is 5. The van der Waals surface area contributed by atoms with Crippen molar-refractivity contribution in [2.75, 3.05) is 38.1 Å². The van der Waals surface area contributed by atoms with Crippen molar-refractivity contribution in [3.63, 3.8) is 0 Å². The lowest BCUT2D eigenvalue weighted by Gasteiger charge is -2.29. The minimum atomic E-state index is 0.597. The second-order valence-electron chi connectivity index (χ2n) is 5.66. The number of thiazole rings is 1. The summed E-state index contributed by atoms with van der Waals surface area (Å²) in [6.07, 6.45) is 2.42. The molecule has 0 aromatic carbocycles. The summed E-state index contributed by atoms with van der Waals surface area (Å²) in [7, 11) is 2.23. The van der Waals surface area contributed by atoms with Gasteiger partial charge in [0, 0.05) is 30.6 Å². The van der Waals surface area contributed by atoms with E-state index in [2.05, 4.69) is 42.9 Å². The van der Waals surface area contributed by atoms with E-state index in [1.807, 2.05) is 11.3 Å². The van der Waals surface area contributed by atoms with Crippen LogP contribution in [0, 0.1) is 6.92 Å². The molecule has 1 saturated heterocycles. The number of hydrogen-bond donors (Lipinski definition) is 1. The normalized spacial score (nSPS) is 21.2. The second kappa shape index (κ2) is 7.38. The van der Waals surface area contributed by atoms with Crippen LogP contribution in [0.5, 0.6) is 0 Å². The van der Waals surface area contributed by atoms with Gasteiger partial charge < -0.3 is 15.1 Å². The first-order valence-corrected chi connectivity index (χ1v) is 8.59. The Morgan fingerprint density at radius 3 is 2.85 bits per heavy atom. The standard InChI is InChI=1S/C15H28N4S/c1-5-13-11-18(4)8-7-9-19(13)15-17-12(3)14(20-15)10-16-6-2/h13,16H,5-11H2,1-4H3. The second-order valence-corrected chi connectivity index (χ2v) is 6.72. The van der Waals surface area contributed by atoms with Crippen LogP contribution in [0.2, 0.25) is 0 Å². The highest BCUT2D eigenvalue weighted by atomic mass is 32.1. The lowest BCUT2D eigenvalue weighted by atomic mass is 10.2. The molecule has 2 rings (SSSR count). The molecule has 114 valence electrons. The number of aryl methyl sites for hydroxylation is 1. The summed E-state index contributed by atoms with van der Waals surface area (Å²) in [5.74, 6) is 0. The molecule has 1 unspecified atom stereocenters. The van der Waals surface area contributed by atoms with E-state index in [1.54, 1.807) is 0 Å². The summed E-state index contributed by atoms with van der Waals surface area (Å²) < 4.78 is 0. The topological polar surface area (TPSA) is 31.4 Å². The molecule has 0 spiro atoms. The molecular weight excluding hydrogens is 268 g/mol. The first-order chi connectivity index (χ1) is 9.65. The van der Waals surface area contributed by atoms with Gasteiger partial charge in [-0.05, 0) is 39.9 Å². The van der Waals surface area contributed by atoms with Gasteiger partial charge in [-0.15, -0.1) is 11.3 Å². The highest BCUT2D eigenvalue weighted by molar-refractivity contribution is 7.15. The molecule has 0 bridgehead atoms. The number of aromatic nitrogens is 1. The van der Waals surface area contributed by atoms with Crippen LogP contribution in [0.4, 0.5) is 5.13 Å². The fourth-order valence-electron chi connectivity index (χ4n) is 2.78. The average Bonchev–Trinajstić information content (AvgIpc) is 2.68. The summed E-state index contributed by atoms with van der Waals surface area (Å²) >= 11 is 1.87. The molecule has 1 aromatic heterocycles. The minimum Gasteiger partial charge on any atom is -0.344 e. The number of hydrogen-bond acceptors (Lipinski definition) is 5. The fraction of sp³-hybridized carbons (Fsp3) is 0.800. The molecule has 1 N–H and O–H groups in total. The van der Waals surface area contributed by atoms with Crippen LogP contribution in [0.1, 0.15) is 37.3 Å². The smallest absolute Gasteiger partial charge is 0.186 e. The third-order valence-corrected chi connectivity index (χ3v) is 5.23. The van der Waals surface area contributed by atoms with Gasteiger partial charge in [0.15, 0.2) is 5.13 Å². The Morgan fingerprint density at radius 1 is 1.35 bits per heavy atom. The summed E-state index contributed by atoms with van der Waals surface area (Å²) in [6.45, 7) is 12.0. The quantitative estimate of drug-likeness (QED) is 0.904. The molecule has 0 aliphatic carbocycles. The molecule has 1 fully saturated rings. The van der Waals surface area contributed by atoms with E-state index in [0.29, 0.717) is 6.04 Å². The third-order valence-electron chi connectivity index (χ3n) is 4.04. The zero-order valence-corrected chi connectivity index (χ0v) is 14.1. The zero-order chi connectivity index (χ0) is 14.5. The first kappa shape index (κ1) is 15.7. The van der Waals surface area contributed by atoms with Gasteiger partial charge in [-0.3, -0.25) is 0 Å². The van der Waals surface area contributed by atoms with Crippen LogP contribution in [0.25, 0.3) is 0 Å². The zero-order valence-electron chi connectivity index (χ0n) is 13.3. The van der Waals surface area contributed by atoms with E-state index in [-0.39, 0.29) is 0 Å². The molecule has 1 aliphatic rings. The van der Waals surface area contributed by atoms with Crippen molar-refractivity contribution in [3.8, 4) is 0 Å². The lowest BCUT2D eigenvalue weighted by molar-refractivity contribution is 0.328. The van der Waals surface area contributed by atoms with Gasteiger partial charge in [0.05, 0.1) is 5.69 Å². The van der Waals surface area contributed by atoms with Crippen LogP contribution in [0.3, 0.4) is 0 Å².